The van der Waals surface area contributed by atoms with Crippen LogP contribution in [0.15, 0.2) is 14.3 Å². The van der Waals surface area contributed by atoms with E-state index in [2.05, 4.69) is 57.9 Å². The maximum atomic E-state index is 11.8. The van der Waals surface area contributed by atoms with Gasteiger partial charge in [-0.1, -0.05) is 20.8 Å². The maximum Gasteiger partial charge on any atom is 0.261 e. The molecule has 90 valence electrons. The molecule has 0 fully saturated rings. The van der Waals surface area contributed by atoms with Crippen molar-refractivity contribution in [2.45, 2.75) is 20.8 Å². The average molecular weight is 369 g/mol. The summed E-state index contributed by atoms with van der Waals surface area (Å²) < 4.78 is 1.88. The number of nitrogens with one attached hydrogen (secondary N) is 1. The molecule has 2 nitrogen and oxygen atoms in total. The molecule has 1 rings (SSSR count). The number of amides is 1. The molecule has 1 aromatic rings. The normalized spacial score (nSPS) is 12.9. The Morgan fingerprint density at radius 3 is 2.50 bits per heavy atom. The first-order chi connectivity index (χ1) is 7.41. The lowest BCUT2D eigenvalue weighted by atomic mass is 9.98. The Kier molecular flexibility index (Phi) is 5.47. The van der Waals surface area contributed by atoms with Crippen molar-refractivity contribution < 1.29 is 4.79 Å². The molecule has 1 N–H and O–H groups in total. The largest absolute Gasteiger partial charge is 0.351 e. The summed E-state index contributed by atoms with van der Waals surface area (Å²) in [6, 6.07) is 1.84. The summed E-state index contributed by atoms with van der Waals surface area (Å²) in [5.41, 5.74) is 0. The van der Waals surface area contributed by atoms with E-state index in [0.717, 1.165) is 19.7 Å². The molecular weight excluding hydrogens is 354 g/mol. The monoisotopic (exact) mass is 367 g/mol. The zero-order valence-corrected chi connectivity index (χ0v) is 13.5. The van der Waals surface area contributed by atoms with Crippen molar-refractivity contribution in [1.29, 1.82) is 0 Å². The first kappa shape index (κ1) is 14.2. The number of halogens is 2. The summed E-state index contributed by atoms with van der Waals surface area (Å²) >= 11 is 8.19. The highest BCUT2D eigenvalue weighted by Gasteiger charge is 2.13. The number of hydrogen-bond acceptors (Lipinski definition) is 2. The summed E-state index contributed by atoms with van der Waals surface area (Å²) in [7, 11) is 0. The van der Waals surface area contributed by atoms with Crippen LogP contribution in [0.1, 0.15) is 30.4 Å². The van der Waals surface area contributed by atoms with E-state index in [1.165, 1.54) is 11.3 Å². The van der Waals surface area contributed by atoms with Crippen LogP contribution < -0.4 is 5.32 Å². The van der Waals surface area contributed by atoms with E-state index in [1.54, 1.807) is 0 Å². The molecule has 0 aromatic carbocycles. The van der Waals surface area contributed by atoms with E-state index < -0.39 is 0 Å². The number of thiophene rings is 1. The molecule has 1 unspecified atom stereocenters. The van der Waals surface area contributed by atoms with Crippen LogP contribution in [-0.4, -0.2) is 12.5 Å². The maximum absolute atomic E-state index is 11.8. The fourth-order valence-corrected chi connectivity index (χ4v) is 2.99. The van der Waals surface area contributed by atoms with Gasteiger partial charge in [0.05, 0.1) is 8.66 Å². The Bertz CT molecular complexity index is 357. The average Bonchev–Trinajstić information content (AvgIpc) is 2.55. The highest BCUT2D eigenvalue weighted by Crippen LogP contribution is 2.32. The second-order valence-electron chi connectivity index (χ2n) is 4.16. The Morgan fingerprint density at radius 1 is 1.44 bits per heavy atom. The fraction of sp³-hybridized carbons (Fsp3) is 0.545. The number of rotatable bonds is 4. The predicted octanol–water partition coefficient (Wildman–Crippen LogP) is 4.30. The SMILES string of the molecule is CC(C)C(C)CNC(=O)c1cc(Br)c(Br)s1. The standard InChI is InChI=1S/C11H15Br2NOS/c1-6(2)7(3)5-14-11(15)9-4-8(12)10(13)16-9/h4,6-7H,5H2,1-3H3,(H,14,15). The summed E-state index contributed by atoms with van der Waals surface area (Å²) in [6.07, 6.45) is 0. The number of carbonyl (C=O) groups is 1. The minimum atomic E-state index is 0.00361. The van der Waals surface area contributed by atoms with E-state index in [-0.39, 0.29) is 5.91 Å². The lowest BCUT2D eigenvalue weighted by Crippen LogP contribution is -2.29. The van der Waals surface area contributed by atoms with Gasteiger partial charge in [-0.05, 0) is 49.8 Å². The van der Waals surface area contributed by atoms with Gasteiger partial charge in [0.25, 0.3) is 5.91 Å². The van der Waals surface area contributed by atoms with Crippen LogP contribution in [0.4, 0.5) is 0 Å². The van der Waals surface area contributed by atoms with E-state index in [1.807, 2.05) is 6.07 Å². The van der Waals surface area contributed by atoms with Crippen molar-refractivity contribution in [3.8, 4) is 0 Å². The van der Waals surface area contributed by atoms with Crippen molar-refractivity contribution in [3.05, 3.63) is 19.2 Å². The van der Waals surface area contributed by atoms with Crippen LogP contribution in [0.3, 0.4) is 0 Å². The second kappa shape index (κ2) is 6.17. The van der Waals surface area contributed by atoms with Gasteiger partial charge in [-0.15, -0.1) is 11.3 Å². The summed E-state index contributed by atoms with van der Waals surface area (Å²) in [4.78, 5) is 12.5. The van der Waals surface area contributed by atoms with Gasteiger partial charge in [0.15, 0.2) is 0 Å². The van der Waals surface area contributed by atoms with Gasteiger partial charge in [0.1, 0.15) is 0 Å². The molecule has 0 saturated carbocycles. The molecule has 1 aromatic heterocycles. The van der Waals surface area contributed by atoms with Gasteiger partial charge in [-0.25, -0.2) is 0 Å². The topological polar surface area (TPSA) is 29.1 Å². The Labute approximate surface area is 117 Å². The molecule has 1 amide bonds. The zero-order valence-electron chi connectivity index (χ0n) is 9.51. The Hall–Kier alpha value is 0.130. The quantitative estimate of drug-likeness (QED) is 0.843. The summed E-state index contributed by atoms with van der Waals surface area (Å²) in [5, 5.41) is 2.95. The lowest BCUT2D eigenvalue weighted by Gasteiger charge is -2.15. The molecule has 0 bridgehead atoms. The molecule has 0 saturated heterocycles. The number of carbonyl (C=O) groups excluding carboxylic acids is 1. The van der Waals surface area contributed by atoms with Crippen LogP contribution in [0, 0.1) is 11.8 Å². The molecule has 1 atom stereocenters. The molecule has 1 heterocycles. The van der Waals surface area contributed by atoms with Crippen LogP contribution in [0.25, 0.3) is 0 Å². The summed E-state index contributed by atoms with van der Waals surface area (Å²) in [6.45, 7) is 7.19. The lowest BCUT2D eigenvalue weighted by molar-refractivity contribution is 0.0949. The van der Waals surface area contributed by atoms with Crippen LogP contribution in [0.2, 0.25) is 0 Å². The number of hydrogen-bond donors (Lipinski definition) is 1. The minimum absolute atomic E-state index is 0.00361. The second-order valence-corrected chi connectivity index (χ2v) is 7.39. The predicted molar refractivity (Wildman–Crippen MR) is 76.1 cm³/mol. The molecule has 0 aliphatic heterocycles. The van der Waals surface area contributed by atoms with E-state index >= 15 is 0 Å². The van der Waals surface area contributed by atoms with Gasteiger partial charge >= 0.3 is 0 Å². The smallest absolute Gasteiger partial charge is 0.261 e. The van der Waals surface area contributed by atoms with Crippen molar-refractivity contribution >= 4 is 49.1 Å². The molecule has 16 heavy (non-hydrogen) atoms. The third-order valence-corrected chi connectivity index (χ3v) is 5.85. The van der Waals surface area contributed by atoms with Crippen LogP contribution in [-0.2, 0) is 0 Å². The highest BCUT2D eigenvalue weighted by molar-refractivity contribution is 9.13. The Balaban J connectivity index is 2.53. The third-order valence-electron chi connectivity index (χ3n) is 2.59. The van der Waals surface area contributed by atoms with E-state index in [0.29, 0.717) is 11.8 Å². The highest BCUT2D eigenvalue weighted by atomic mass is 79.9. The van der Waals surface area contributed by atoms with E-state index in [4.69, 9.17) is 0 Å². The van der Waals surface area contributed by atoms with E-state index in [9.17, 15) is 4.79 Å². The van der Waals surface area contributed by atoms with Gasteiger partial charge in [0.2, 0.25) is 0 Å². The zero-order chi connectivity index (χ0) is 12.3. The fourth-order valence-electron chi connectivity index (χ4n) is 1.03. The molecule has 0 spiro atoms. The Morgan fingerprint density at radius 2 is 2.06 bits per heavy atom. The summed E-state index contributed by atoms with van der Waals surface area (Å²) in [5.74, 6) is 1.09. The molecular formula is C11H15Br2NOS. The third kappa shape index (κ3) is 3.86. The van der Waals surface area contributed by atoms with Crippen LogP contribution in [0.5, 0.6) is 0 Å². The van der Waals surface area contributed by atoms with Gasteiger partial charge in [-0.2, -0.15) is 0 Å². The van der Waals surface area contributed by atoms with Crippen molar-refractivity contribution in [1.82, 2.24) is 5.32 Å². The molecule has 0 radical (unpaired) electrons. The minimum Gasteiger partial charge on any atom is -0.351 e. The molecule has 5 heteroatoms. The van der Waals surface area contributed by atoms with Gasteiger partial charge in [0, 0.05) is 11.0 Å². The first-order valence-electron chi connectivity index (χ1n) is 5.14. The van der Waals surface area contributed by atoms with Gasteiger partial charge in [-0.3, -0.25) is 4.79 Å². The molecule has 0 aliphatic rings. The first-order valence-corrected chi connectivity index (χ1v) is 7.55. The van der Waals surface area contributed by atoms with Crippen molar-refractivity contribution in [3.63, 3.8) is 0 Å². The van der Waals surface area contributed by atoms with Crippen molar-refractivity contribution in [2.75, 3.05) is 6.54 Å². The molecule has 0 aliphatic carbocycles. The van der Waals surface area contributed by atoms with Crippen LogP contribution >= 0.6 is 43.2 Å². The van der Waals surface area contributed by atoms with Gasteiger partial charge < -0.3 is 5.32 Å². The van der Waals surface area contributed by atoms with Crippen molar-refractivity contribution in [2.24, 2.45) is 11.8 Å².